The molecule has 0 aliphatic carbocycles. The molecule has 5 heteroatoms. The van der Waals surface area contributed by atoms with E-state index >= 15 is 0 Å². The molecule has 0 saturated heterocycles. The van der Waals surface area contributed by atoms with Gasteiger partial charge in [0.25, 0.3) is 0 Å². The van der Waals surface area contributed by atoms with Crippen molar-refractivity contribution in [1.82, 2.24) is 4.57 Å². The topological polar surface area (TPSA) is 49.3 Å². The van der Waals surface area contributed by atoms with E-state index in [1.807, 2.05) is 24.5 Å². The fourth-order valence-electron chi connectivity index (χ4n) is 4.84. The Bertz CT molecular complexity index is 1180. The van der Waals surface area contributed by atoms with Gasteiger partial charge in [0.05, 0.1) is 0 Å². The molecule has 0 atom stereocenters. The zero-order valence-electron chi connectivity index (χ0n) is 25.6. The first-order valence-electron chi connectivity index (χ1n) is 13.5. The lowest BCUT2D eigenvalue weighted by Crippen LogP contribution is -3.00. The van der Waals surface area contributed by atoms with Crippen molar-refractivity contribution in [2.45, 2.75) is 118 Å². The van der Waals surface area contributed by atoms with Crippen LogP contribution in [0.4, 0.5) is 0 Å². The Hall–Kier alpha value is -2.46. The van der Waals surface area contributed by atoms with Gasteiger partial charge in [-0.15, -0.1) is 0 Å². The molecule has 1 aromatic heterocycles. The van der Waals surface area contributed by atoms with E-state index in [9.17, 15) is 10.2 Å². The molecule has 0 radical (unpaired) electrons. The molecule has 0 aliphatic rings. The fourth-order valence-corrected chi connectivity index (χ4v) is 4.84. The number of aromatic nitrogens is 2. The lowest BCUT2D eigenvalue weighted by molar-refractivity contribution is -0.688. The van der Waals surface area contributed by atoms with Gasteiger partial charge >= 0.3 is 0 Å². The number of aromatic hydroxyl groups is 2. The van der Waals surface area contributed by atoms with E-state index in [-0.39, 0.29) is 34.1 Å². The van der Waals surface area contributed by atoms with Crippen molar-refractivity contribution in [3.8, 4) is 11.5 Å². The van der Waals surface area contributed by atoms with Crippen molar-refractivity contribution in [2.75, 3.05) is 0 Å². The summed E-state index contributed by atoms with van der Waals surface area (Å²) in [5.41, 5.74) is 6.26. The molecule has 0 spiro atoms. The maximum absolute atomic E-state index is 11.1. The lowest BCUT2D eigenvalue weighted by atomic mass is 9.78. The number of halogens is 1. The SMILES string of the molecule is CC(C)(C)c1cc(O)c(Cn2cc[n+](Cc3c(O)cc(C(C)(C)C)cc3C(C)(C)C)c2)c(C(C)(C)C)c1.[Cl-]. The molecule has 0 aliphatic heterocycles. The van der Waals surface area contributed by atoms with Crippen LogP contribution >= 0.6 is 0 Å². The minimum atomic E-state index is -0.0978. The molecule has 2 N–H and O–H groups in total. The Morgan fingerprint density at radius 2 is 1.05 bits per heavy atom. The number of phenolic OH excluding ortho intramolecular Hbond substituents is 2. The van der Waals surface area contributed by atoms with Crippen LogP contribution in [-0.2, 0) is 34.7 Å². The van der Waals surface area contributed by atoms with Gasteiger partial charge in [-0.25, -0.2) is 9.13 Å². The summed E-state index contributed by atoms with van der Waals surface area (Å²) in [4.78, 5) is 0. The molecule has 3 aromatic rings. The summed E-state index contributed by atoms with van der Waals surface area (Å²) in [7, 11) is 0. The molecule has 0 bridgehead atoms. The molecule has 0 unspecified atom stereocenters. The first-order valence-corrected chi connectivity index (χ1v) is 13.5. The van der Waals surface area contributed by atoms with Crippen molar-refractivity contribution in [3.05, 3.63) is 76.4 Å². The Balaban J connectivity index is 0.00000507. The largest absolute Gasteiger partial charge is 1.00 e. The molecule has 0 amide bonds. The number of phenols is 2. The van der Waals surface area contributed by atoms with Crippen molar-refractivity contribution in [2.24, 2.45) is 0 Å². The third-order valence-electron chi connectivity index (χ3n) is 7.23. The molecule has 0 saturated carbocycles. The number of hydrogen-bond donors (Lipinski definition) is 2. The number of rotatable bonds is 4. The summed E-state index contributed by atoms with van der Waals surface area (Å²) in [5, 5.41) is 22.2. The van der Waals surface area contributed by atoms with Crippen molar-refractivity contribution < 1.29 is 27.2 Å². The van der Waals surface area contributed by atoms with Crippen LogP contribution in [-0.4, -0.2) is 14.8 Å². The first kappa shape index (κ1) is 31.8. The van der Waals surface area contributed by atoms with Crippen LogP contribution in [0, 0.1) is 0 Å². The van der Waals surface area contributed by atoms with E-state index in [0.29, 0.717) is 24.6 Å². The first-order chi connectivity index (χ1) is 16.7. The standard InChI is InChI=1S/C33H48N2O2.ClH/c1-30(2,3)22-15-26(32(7,8)9)24(28(36)17-22)19-34-13-14-35(21-34)20-25-27(33(10,11)12)16-23(18-29(25)37)31(4,5)6;/h13-18,21H,19-20H2,1-12H3,(H-,36,37);1H. The zero-order valence-corrected chi connectivity index (χ0v) is 26.4. The second kappa shape index (κ2) is 10.6. The maximum atomic E-state index is 11.1. The van der Waals surface area contributed by atoms with Crippen molar-refractivity contribution in [3.63, 3.8) is 0 Å². The van der Waals surface area contributed by atoms with Gasteiger partial charge in [0.1, 0.15) is 37.0 Å². The summed E-state index contributed by atoms with van der Waals surface area (Å²) in [5.74, 6) is 0.700. The van der Waals surface area contributed by atoms with Crippen LogP contribution in [0.15, 0.2) is 43.0 Å². The molecule has 1 heterocycles. The van der Waals surface area contributed by atoms with Crippen LogP contribution in [0.1, 0.15) is 116 Å². The van der Waals surface area contributed by atoms with Crippen LogP contribution < -0.4 is 17.0 Å². The van der Waals surface area contributed by atoms with E-state index in [0.717, 1.165) is 22.3 Å². The predicted molar refractivity (Wildman–Crippen MR) is 154 cm³/mol. The number of benzene rings is 2. The number of hydrogen-bond acceptors (Lipinski definition) is 2. The summed E-state index contributed by atoms with van der Waals surface area (Å²) in [6.45, 7) is 27.4. The Morgan fingerprint density at radius 3 is 1.47 bits per heavy atom. The second-order valence-corrected chi connectivity index (χ2v) is 14.8. The highest BCUT2D eigenvalue weighted by Crippen LogP contribution is 2.38. The Morgan fingerprint density at radius 1 is 0.632 bits per heavy atom. The normalized spacial score (nSPS) is 12.9. The molecule has 3 rings (SSSR count). The lowest BCUT2D eigenvalue weighted by Gasteiger charge is -2.28. The average molecular weight is 541 g/mol. The van der Waals surface area contributed by atoms with Gasteiger partial charge in [0.15, 0.2) is 0 Å². The van der Waals surface area contributed by atoms with E-state index < -0.39 is 0 Å². The Labute approximate surface area is 237 Å². The summed E-state index contributed by atoms with van der Waals surface area (Å²) in [6.07, 6.45) is 6.15. The summed E-state index contributed by atoms with van der Waals surface area (Å²) >= 11 is 0. The Kier molecular flexibility index (Phi) is 8.86. The van der Waals surface area contributed by atoms with Gasteiger partial charge in [0.2, 0.25) is 6.33 Å². The van der Waals surface area contributed by atoms with E-state index in [1.165, 1.54) is 11.1 Å². The van der Waals surface area contributed by atoms with E-state index in [1.54, 1.807) is 0 Å². The molecule has 2 aromatic carbocycles. The molecule has 38 heavy (non-hydrogen) atoms. The predicted octanol–water partition coefficient (Wildman–Crippen LogP) is 4.48. The van der Waals surface area contributed by atoms with E-state index in [4.69, 9.17) is 0 Å². The molecule has 210 valence electrons. The van der Waals surface area contributed by atoms with Crippen LogP contribution in [0.3, 0.4) is 0 Å². The minimum absolute atomic E-state index is 0. The van der Waals surface area contributed by atoms with Gasteiger partial charge in [-0.2, -0.15) is 0 Å². The third-order valence-corrected chi connectivity index (χ3v) is 7.23. The summed E-state index contributed by atoms with van der Waals surface area (Å²) < 4.78 is 4.22. The highest BCUT2D eigenvalue weighted by molar-refractivity contribution is 5.49. The maximum Gasteiger partial charge on any atom is 0.244 e. The van der Waals surface area contributed by atoms with Crippen LogP contribution in [0.2, 0.25) is 0 Å². The number of imidazole rings is 1. The van der Waals surface area contributed by atoms with Crippen LogP contribution in [0.25, 0.3) is 0 Å². The third kappa shape index (κ3) is 7.14. The zero-order chi connectivity index (χ0) is 28.1. The highest BCUT2D eigenvalue weighted by atomic mass is 35.5. The number of nitrogens with zero attached hydrogens (tertiary/aromatic N) is 2. The highest BCUT2D eigenvalue weighted by Gasteiger charge is 2.28. The van der Waals surface area contributed by atoms with Gasteiger partial charge in [-0.1, -0.05) is 95.2 Å². The molecule has 0 fully saturated rings. The quantitative estimate of drug-likeness (QED) is 0.479. The second-order valence-electron chi connectivity index (χ2n) is 14.8. The monoisotopic (exact) mass is 540 g/mol. The smallest absolute Gasteiger partial charge is 0.244 e. The van der Waals surface area contributed by atoms with Crippen molar-refractivity contribution >= 4 is 0 Å². The summed E-state index contributed by atoms with van der Waals surface area (Å²) in [6, 6.07) is 8.37. The fraction of sp³-hybridized carbons (Fsp3) is 0.545. The van der Waals surface area contributed by atoms with E-state index in [2.05, 4.69) is 111 Å². The average Bonchev–Trinajstić information content (AvgIpc) is 3.14. The van der Waals surface area contributed by atoms with Crippen LogP contribution in [0.5, 0.6) is 11.5 Å². The van der Waals surface area contributed by atoms with Crippen molar-refractivity contribution in [1.29, 1.82) is 0 Å². The van der Waals surface area contributed by atoms with Gasteiger partial charge in [-0.05, 0) is 56.0 Å². The van der Waals surface area contributed by atoms with Gasteiger partial charge < -0.3 is 22.6 Å². The van der Waals surface area contributed by atoms with Gasteiger partial charge in [-0.3, -0.25) is 0 Å². The van der Waals surface area contributed by atoms with Gasteiger partial charge in [0, 0.05) is 11.1 Å². The minimum Gasteiger partial charge on any atom is -1.00 e. The molecular weight excluding hydrogens is 492 g/mol. The molecular formula is C33H49ClN2O2. The molecule has 4 nitrogen and oxygen atoms in total.